The highest BCUT2D eigenvalue weighted by molar-refractivity contribution is 5.70. The Balaban J connectivity index is 2.13. The molecular formula is C17H19NO3. The number of aromatic nitrogens is 1. The number of hydrogen-bond acceptors (Lipinski definition) is 3. The Kier molecular flexibility index (Phi) is 5.06. The van der Waals surface area contributed by atoms with Crippen molar-refractivity contribution in [3.8, 4) is 11.3 Å². The van der Waals surface area contributed by atoms with Gasteiger partial charge in [-0.15, -0.1) is 0 Å². The highest BCUT2D eigenvalue weighted by Gasteiger charge is 2.06. The van der Waals surface area contributed by atoms with Gasteiger partial charge < -0.3 is 9.84 Å². The van der Waals surface area contributed by atoms with Crippen molar-refractivity contribution in [3.05, 3.63) is 53.7 Å². The molecule has 4 nitrogen and oxygen atoms in total. The van der Waals surface area contributed by atoms with Gasteiger partial charge in [0.1, 0.15) is 0 Å². The van der Waals surface area contributed by atoms with E-state index in [0.29, 0.717) is 12.2 Å². The molecule has 0 fully saturated rings. The van der Waals surface area contributed by atoms with Crippen molar-refractivity contribution in [2.24, 2.45) is 0 Å². The monoisotopic (exact) mass is 285 g/mol. The molecule has 1 aromatic carbocycles. The molecule has 0 saturated heterocycles. The molecule has 0 radical (unpaired) electrons. The van der Waals surface area contributed by atoms with Crippen LogP contribution in [0.15, 0.2) is 42.6 Å². The molecule has 1 aromatic heterocycles. The third-order valence-electron chi connectivity index (χ3n) is 3.27. The number of carboxylic acid groups (broad SMARTS) is 1. The molecule has 110 valence electrons. The van der Waals surface area contributed by atoms with Crippen LogP contribution in [0, 0.1) is 0 Å². The van der Waals surface area contributed by atoms with Gasteiger partial charge >= 0.3 is 5.97 Å². The summed E-state index contributed by atoms with van der Waals surface area (Å²) >= 11 is 0. The van der Waals surface area contributed by atoms with E-state index in [1.165, 1.54) is 0 Å². The Bertz CT molecular complexity index is 590. The largest absolute Gasteiger partial charge is 0.481 e. The minimum atomic E-state index is -0.848. The second kappa shape index (κ2) is 6.99. The zero-order chi connectivity index (χ0) is 15.2. The van der Waals surface area contributed by atoms with E-state index >= 15 is 0 Å². The lowest BCUT2D eigenvalue weighted by atomic mass is 10.0. The number of hydrogen-bond donors (Lipinski definition) is 1. The first-order chi connectivity index (χ1) is 10.1. The van der Waals surface area contributed by atoms with Crippen LogP contribution in [0.3, 0.4) is 0 Å². The maximum Gasteiger partial charge on any atom is 0.307 e. The first kappa shape index (κ1) is 15.2. The Morgan fingerprint density at radius 1 is 1.24 bits per heavy atom. The van der Waals surface area contributed by atoms with E-state index in [1.54, 1.807) is 12.3 Å². The van der Waals surface area contributed by atoms with E-state index < -0.39 is 5.97 Å². The maximum atomic E-state index is 10.6. The summed E-state index contributed by atoms with van der Waals surface area (Å²) in [6.07, 6.45) is 1.69. The molecule has 0 aliphatic carbocycles. The summed E-state index contributed by atoms with van der Waals surface area (Å²) in [5, 5.41) is 8.74. The molecule has 0 amide bonds. The van der Waals surface area contributed by atoms with Crippen LogP contribution in [0.5, 0.6) is 0 Å². The minimum Gasteiger partial charge on any atom is -0.481 e. The summed E-state index contributed by atoms with van der Waals surface area (Å²) in [4.78, 5) is 15.0. The van der Waals surface area contributed by atoms with Gasteiger partial charge in [-0.3, -0.25) is 9.78 Å². The van der Waals surface area contributed by atoms with Gasteiger partial charge in [0.25, 0.3) is 0 Å². The fraction of sp³-hybridized carbons (Fsp3) is 0.294. The maximum absolute atomic E-state index is 10.6. The molecule has 4 heteroatoms. The molecule has 21 heavy (non-hydrogen) atoms. The third kappa shape index (κ3) is 4.13. The number of pyridine rings is 1. The first-order valence-corrected chi connectivity index (χ1v) is 6.98. The molecule has 1 atom stereocenters. The molecule has 0 aliphatic heterocycles. The Morgan fingerprint density at radius 3 is 2.48 bits per heavy atom. The van der Waals surface area contributed by atoms with Gasteiger partial charge in [-0.25, -0.2) is 0 Å². The van der Waals surface area contributed by atoms with E-state index in [1.807, 2.05) is 44.2 Å². The predicted molar refractivity (Wildman–Crippen MR) is 81.1 cm³/mol. The average Bonchev–Trinajstić information content (AvgIpc) is 2.48. The van der Waals surface area contributed by atoms with Gasteiger partial charge in [0.2, 0.25) is 0 Å². The zero-order valence-electron chi connectivity index (χ0n) is 12.2. The lowest BCUT2D eigenvalue weighted by Gasteiger charge is -2.12. The van der Waals surface area contributed by atoms with Crippen LogP contribution >= 0.6 is 0 Å². The Labute approximate surface area is 124 Å². The lowest BCUT2D eigenvalue weighted by Crippen LogP contribution is -2.00. The summed E-state index contributed by atoms with van der Waals surface area (Å²) in [5.74, 6) is -0.848. The van der Waals surface area contributed by atoms with Gasteiger partial charge in [-0.1, -0.05) is 30.3 Å². The Hall–Kier alpha value is -2.20. The van der Waals surface area contributed by atoms with Gasteiger partial charge in [0.15, 0.2) is 0 Å². The smallest absolute Gasteiger partial charge is 0.307 e. The van der Waals surface area contributed by atoms with Crippen molar-refractivity contribution in [1.82, 2.24) is 4.98 Å². The van der Waals surface area contributed by atoms with Crippen LogP contribution in [0.4, 0.5) is 0 Å². The van der Waals surface area contributed by atoms with E-state index in [-0.39, 0.29) is 12.5 Å². The van der Waals surface area contributed by atoms with Crippen LogP contribution in [-0.2, 0) is 16.0 Å². The molecule has 0 aliphatic rings. The SMILES string of the molecule is CCO[C@H](C)c1ccc(-c2ccc(CC(=O)O)cn2)cc1. The second-order valence-corrected chi connectivity index (χ2v) is 4.84. The molecule has 1 heterocycles. The van der Waals surface area contributed by atoms with Crippen molar-refractivity contribution in [2.75, 3.05) is 6.61 Å². The van der Waals surface area contributed by atoms with Crippen LogP contribution in [0.2, 0.25) is 0 Å². The highest BCUT2D eigenvalue weighted by Crippen LogP contribution is 2.22. The van der Waals surface area contributed by atoms with Gasteiger partial charge in [-0.2, -0.15) is 0 Å². The van der Waals surface area contributed by atoms with Crippen molar-refractivity contribution < 1.29 is 14.6 Å². The van der Waals surface area contributed by atoms with E-state index in [2.05, 4.69) is 4.98 Å². The molecule has 1 N–H and O–H groups in total. The zero-order valence-corrected chi connectivity index (χ0v) is 12.2. The topological polar surface area (TPSA) is 59.4 Å². The summed E-state index contributed by atoms with van der Waals surface area (Å²) in [7, 11) is 0. The third-order valence-corrected chi connectivity index (χ3v) is 3.27. The van der Waals surface area contributed by atoms with Crippen molar-refractivity contribution >= 4 is 5.97 Å². The van der Waals surface area contributed by atoms with Crippen LogP contribution in [0.1, 0.15) is 31.1 Å². The van der Waals surface area contributed by atoms with Crippen LogP contribution < -0.4 is 0 Å². The number of nitrogens with zero attached hydrogens (tertiary/aromatic N) is 1. The number of ether oxygens (including phenoxy) is 1. The summed E-state index contributed by atoms with van der Waals surface area (Å²) < 4.78 is 5.55. The summed E-state index contributed by atoms with van der Waals surface area (Å²) in [6, 6.07) is 11.7. The molecule has 2 aromatic rings. The predicted octanol–water partition coefficient (Wildman–Crippen LogP) is 3.47. The lowest BCUT2D eigenvalue weighted by molar-refractivity contribution is -0.136. The highest BCUT2D eigenvalue weighted by atomic mass is 16.5. The molecular weight excluding hydrogens is 266 g/mol. The molecule has 0 spiro atoms. The first-order valence-electron chi connectivity index (χ1n) is 6.98. The van der Waals surface area contributed by atoms with E-state index in [9.17, 15) is 4.79 Å². The van der Waals surface area contributed by atoms with Crippen LogP contribution in [-0.4, -0.2) is 22.7 Å². The van der Waals surface area contributed by atoms with Crippen LogP contribution in [0.25, 0.3) is 11.3 Å². The van der Waals surface area contributed by atoms with Gasteiger partial charge in [-0.05, 0) is 31.0 Å². The standard InChI is InChI=1S/C17H19NO3/c1-3-21-12(2)14-5-7-15(8-6-14)16-9-4-13(11-18-16)10-17(19)20/h4-9,11-12H,3,10H2,1-2H3,(H,19,20)/t12-/m1/s1. The number of benzene rings is 1. The van der Waals surface area contributed by atoms with Crippen molar-refractivity contribution in [1.29, 1.82) is 0 Å². The van der Waals surface area contributed by atoms with E-state index in [0.717, 1.165) is 16.8 Å². The fourth-order valence-electron chi connectivity index (χ4n) is 2.15. The molecule has 0 bridgehead atoms. The summed E-state index contributed by atoms with van der Waals surface area (Å²) in [6.45, 7) is 4.69. The number of carbonyl (C=O) groups is 1. The fourth-order valence-corrected chi connectivity index (χ4v) is 2.15. The molecule has 0 saturated carbocycles. The number of rotatable bonds is 6. The number of carboxylic acids is 1. The number of aliphatic carboxylic acids is 1. The Morgan fingerprint density at radius 2 is 1.95 bits per heavy atom. The quantitative estimate of drug-likeness (QED) is 0.882. The van der Waals surface area contributed by atoms with E-state index in [4.69, 9.17) is 9.84 Å². The van der Waals surface area contributed by atoms with Gasteiger partial charge in [0.05, 0.1) is 18.2 Å². The average molecular weight is 285 g/mol. The van der Waals surface area contributed by atoms with Gasteiger partial charge in [0, 0.05) is 18.4 Å². The summed E-state index contributed by atoms with van der Waals surface area (Å²) in [5.41, 5.74) is 3.67. The van der Waals surface area contributed by atoms with Crippen molar-refractivity contribution in [2.45, 2.75) is 26.4 Å². The normalized spacial score (nSPS) is 12.1. The second-order valence-electron chi connectivity index (χ2n) is 4.84. The minimum absolute atomic E-state index is 0.00190. The molecule has 2 rings (SSSR count). The van der Waals surface area contributed by atoms with Crippen molar-refractivity contribution in [3.63, 3.8) is 0 Å². The molecule has 0 unspecified atom stereocenters.